The smallest absolute Gasteiger partial charge is 0.200 e. The molecular formula is C14H20F12Si2. The molecule has 0 aromatic carbocycles. The highest BCUT2D eigenvalue weighted by Crippen LogP contribution is 2.61. The van der Waals surface area contributed by atoms with Crippen molar-refractivity contribution in [3.05, 3.63) is 0 Å². The highest BCUT2D eigenvalue weighted by Gasteiger charge is 2.89. The minimum Gasteiger partial charge on any atom is -0.200 e. The molecule has 0 nitrogen and oxygen atoms in total. The molecule has 0 fully saturated rings. The van der Waals surface area contributed by atoms with Crippen molar-refractivity contribution in [1.82, 2.24) is 0 Å². The van der Waals surface area contributed by atoms with Gasteiger partial charge in [-0.25, -0.2) is 0 Å². The van der Waals surface area contributed by atoms with Gasteiger partial charge in [0.15, 0.2) is 0 Å². The van der Waals surface area contributed by atoms with Gasteiger partial charge in [0.1, 0.15) is 0 Å². The molecule has 0 bridgehead atoms. The maximum absolute atomic E-state index is 13.6. The molecule has 0 aliphatic heterocycles. The van der Waals surface area contributed by atoms with Crippen LogP contribution in [0.1, 0.15) is 12.8 Å². The number of alkyl halides is 12. The van der Waals surface area contributed by atoms with E-state index in [0.717, 1.165) is 0 Å². The lowest BCUT2D eigenvalue weighted by molar-refractivity contribution is -0.425. The first-order valence-electron chi connectivity index (χ1n) is 7.93. The Balaban J connectivity index is 6.06. The Bertz CT molecular complexity index is 470. The summed E-state index contributed by atoms with van der Waals surface area (Å²) in [5.74, 6) is -40.4. The first kappa shape index (κ1) is 27.6. The van der Waals surface area contributed by atoms with Gasteiger partial charge in [0, 0.05) is 30.4 Å². The molecule has 168 valence electrons. The van der Waals surface area contributed by atoms with E-state index in [-0.39, 0.29) is 0 Å². The minimum atomic E-state index is -7.43. The molecule has 0 unspecified atom stereocenters. The van der Waals surface area contributed by atoms with Crippen molar-refractivity contribution < 1.29 is 52.7 Å². The van der Waals surface area contributed by atoms with Crippen LogP contribution in [0.3, 0.4) is 0 Å². The zero-order chi connectivity index (χ0) is 23.0. The summed E-state index contributed by atoms with van der Waals surface area (Å²) in [5, 5.41) is 0. The predicted octanol–water partition coefficient (Wildman–Crippen LogP) is 7.09. The van der Waals surface area contributed by atoms with Gasteiger partial charge in [-0.15, -0.1) is 0 Å². The fraction of sp³-hybridized carbons (Fsp3) is 1.00. The monoisotopic (exact) mass is 472 g/mol. The highest BCUT2D eigenvalue weighted by molar-refractivity contribution is 6.55. The van der Waals surface area contributed by atoms with E-state index < -0.39 is 78.1 Å². The van der Waals surface area contributed by atoms with E-state index in [1.807, 2.05) is 0 Å². The number of hydrogen-bond acceptors (Lipinski definition) is 0. The second kappa shape index (κ2) is 8.38. The number of hydrogen-bond donors (Lipinski definition) is 0. The predicted molar refractivity (Wildman–Crippen MR) is 83.5 cm³/mol. The van der Waals surface area contributed by atoms with Crippen LogP contribution in [0, 0.1) is 0 Å². The quantitative estimate of drug-likeness (QED) is 0.223. The molecular weight excluding hydrogens is 452 g/mol. The zero-order valence-electron chi connectivity index (χ0n) is 15.4. The Morgan fingerprint density at radius 3 is 0.821 bits per heavy atom. The normalized spacial score (nSPS) is 15.6. The van der Waals surface area contributed by atoms with Crippen LogP contribution in [0.2, 0.25) is 38.3 Å². The van der Waals surface area contributed by atoms with Crippen molar-refractivity contribution in [3.8, 4) is 0 Å². The van der Waals surface area contributed by atoms with E-state index in [2.05, 4.69) is 0 Å². The van der Waals surface area contributed by atoms with Crippen LogP contribution in [0.15, 0.2) is 0 Å². The summed E-state index contributed by atoms with van der Waals surface area (Å²) in [5.41, 5.74) is 0. The van der Waals surface area contributed by atoms with Crippen LogP contribution in [0.4, 0.5) is 52.7 Å². The van der Waals surface area contributed by atoms with Crippen molar-refractivity contribution in [2.45, 2.75) is 86.7 Å². The van der Waals surface area contributed by atoms with E-state index in [0.29, 0.717) is 0 Å². The third kappa shape index (κ3) is 4.83. The largest absolute Gasteiger partial charge is 0.384 e. The molecule has 0 heterocycles. The van der Waals surface area contributed by atoms with Gasteiger partial charge in [0.05, 0.1) is 0 Å². The maximum atomic E-state index is 13.6. The third-order valence-electron chi connectivity index (χ3n) is 3.98. The molecule has 2 radical (unpaired) electrons. The second-order valence-electron chi connectivity index (χ2n) is 7.12. The fourth-order valence-corrected chi connectivity index (χ4v) is 3.61. The van der Waals surface area contributed by atoms with Gasteiger partial charge in [-0.05, 0) is 0 Å². The Morgan fingerprint density at radius 1 is 0.429 bits per heavy atom. The first-order chi connectivity index (χ1) is 12.1. The maximum Gasteiger partial charge on any atom is 0.384 e. The summed E-state index contributed by atoms with van der Waals surface area (Å²) in [4.78, 5) is 0. The molecule has 0 spiro atoms. The van der Waals surface area contributed by atoms with Crippen molar-refractivity contribution in [1.29, 1.82) is 0 Å². The summed E-state index contributed by atoms with van der Waals surface area (Å²) < 4.78 is 163. The van der Waals surface area contributed by atoms with E-state index in [4.69, 9.17) is 0 Å². The van der Waals surface area contributed by atoms with Crippen molar-refractivity contribution in [2.75, 3.05) is 0 Å². The molecule has 0 aromatic rings. The van der Waals surface area contributed by atoms with Crippen molar-refractivity contribution >= 4 is 17.6 Å². The van der Waals surface area contributed by atoms with Gasteiger partial charge in [-0.3, -0.25) is 0 Å². The average Bonchev–Trinajstić information content (AvgIpc) is 2.50. The van der Waals surface area contributed by atoms with Gasteiger partial charge < -0.3 is 0 Å². The molecule has 14 heteroatoms. The van der Waals surface area contributed by atoms with Gasteiger partial charge in [-0.1, -0.05) is 38.3 Å². The Labute approximate surface area is 157 Å². The van der Waals surface area contributed by atoms with Crippen LogP contribution in [-0.2, 0) is 0 Å². The lowest BCUT2D eigenvalue weighted by Gasteiger charge is -2.41. The molecule has 0 amide bonds. The lowest BCUT2D eigenvalue weighted by Crippen LogP contribution is -2.70. The summed E-state index contributed by atoms with van der Waals surface area (Å²) in [6.45, 7) is 5.32. The Morgan fingerprint density at radius 2 is 0.643 bits per heavy atom. The lowest BCUT2D eigenvalue weighted by atomic mass is 9.90. The molecule has 0 aromatic heterocycles. The molecule has 0 N–H and O–H groups in total. The summed E-state index contributed by atoms with van der Waals surface area (Å²) in [6.07, 6.45) is -3.96. The molecule has 0 aliphatic rings. The first-order valence-corrected chi connectivity index (χ1v) is 13.3. The van der Waals surface area contributed by atoms with E-state index in [9.17, 15) is 52.7 Å². The zero-order valence-corrected chi connectivity index (χ0v) is 17.4. The summed E-state index contributed by atoms with van der Waals surface area (Å²) in [6, 6.07) is -1.45. The van der Waals surface area contributed by atoms with Gasteiger partial charge in [-0.2, -0.15) is 52.7 Å². The van der Waals surface area contributed by atoms with Crippen LogP contribution in [-0.4, -0.2) is 53.1 Å². The van der Waals surface area contributed by atoms with Crippen LogP contribution in [0.5, 0.6) is 0 Å². The van der Waals surface area contributed by atoms with E-state index in [1.165, 1.54) is 26.2 Å². The molecule has 0 saturated heterocycles. The van der Waals surface area contributed by atoms with E-state index in [1.54, 1.807) is 0 Å². The number of halogens is 12. The van der Waals surface area contributed by atoms with Crippen LogP contribution >= 0.6 is 0 Å². The van der Waals surface area contributed by atoms with Gasteiger partial charge >= 0.3 is 35.5 Å². The van der Waals surface area contributed by atoms with E-state index >= 15 is 0 Å². The van der Waals surface area contributed by atoms with Crippen molar-refractivity contribution in [3.63, 3.8) is 0 Å². The van der Waals surface area contributed by atoms with Gasteiger partial charge in [0.2, 0.25) is 0 Å². The Kier molecular flexibility index (Phi) is 8.26. The fourth-order valence-electron chi connectivity index (χ4n) is 1.98. The van der Waals surface area contributed by atoms with Crippen molar-refractivity contribution in [2.24, 2.45) is 0 Å². The highest BCUT2D eigenvalue weighted by atomic mass is 28.3. The summed E-state index contributed by atoms with van der Waals surface area (Å²) in [7, 11) is -3.37. The minimum absolute atomic E-state index is 0.723. The summed E-state index contributed by atoms with van der Waals surface area (Å²) >= 11 is 0. The molecule has 0 rings (SSSR count). The van der Waals surface area contributed by atoms with Crippen LogP contribution in [0.25, 0.3) is 0 Å². The topological polar surface area (TPSA) is 0 Å². The molecule has 0 atom stereocenters. The molecule has 0 aliphatic carbocycles. The second-order valence-corrected chi connectivity index (χ2v) is 12.9. The van der Waals surface area contributed by atoms with Gasteiger partial charge in [0.25, 0.3) is 0 Å². The molecule has 0 saturated carbocycles. The number of rotatable bonds is 11. The molecule has 28 heavy (non-hydrogen) atoms. The standard InChI is InChI=1S/C14H20F12Si2/c1-27(2)7-5-9(15,16)11(19,20)13(23,24)14(25,26)12(21,22)10(17,18)6-8-28(3)4/h5-8H2,1-4H3. The average molecular weight is 472 g/mol. The Hall–Kier alpha value is -0.406. The third-order valence-corrected chi connectivity index (χ3v) is 6.48. The SMILES string of the molecule is C[Si](C)CCC(F)(F)C(F)(F)C(F)(F)C(F)(F)C(F)(F)C(F)(F)CC[Si](C)C. The van der Waals surface area contributed by atoms with Crippen LogP contribution < -0.4 is 0 Å².